The van der Waals surface area contributed by atoms with Gasteiger partial charge in [0, 0.05) is 45.4 Å². The molecular weight excluding hydrogens is 535 g/mol. The van der Waals surface area contributed by atoms with Crippen molar-refractivity contribution in [3.05, 3.63) is 64.0 Å². The Balaban J connectivity index is 1.75. The molecule has 4 rings (SSSR count). The Morgan fingerprint density at radius 3 is 2.44 bits per heavy atom. The zero-order chi connectivity index (χ0) is 26.4. The van der Waals surface area contributed by atoms with Crippen LogP contribution >= 0.6 is 15.9 Å². The highest BCUT2D eigenvalue weighted by molar-refractivity contribution is 9.11. The minimum Gasteiger partial charge on any atom is -0.497 e. The highest BCUT2D eigenvalue weighted by atomic mass is 79.9. The van der Waals surface area contributed by atoms with E-state index in [4.69, 9.17) is 14.2 Å². The molecule has 2 heterocycles. The van der Waals surface area contributed by atoms with E-state index in [2.05, 4.69) is 15.9 Å². The number of rotatable bonds is 5. The molecule has 0 radical (unpaired) electrons. The van der Waals surface area contributed by atoms with Gasteiger partial charge in [0.1, 0.15) is 35.4 Å². The Morgan fingerprint density at radius 2 is 1.81 bits per heavy atom. The van der Waals surface area contributed by atoms with Crippen LogP contribution in [0.25, 0.3) is 16.5 Å². The SMILES string of the molecule is COc1ccc(CN2C(O)C(Br)=C(c3cn(C(=O)OC(C)(C)C)c4ccc(F)cc34)C2O)c(OC)c1. The lowest BCUT2D eigenvalue weighted by Crippen LogP contribution is -2.37. The molecule has 0 amide bonds. The lowest BCUT2D eigenvalue weighted by atomic mass is 10.0. The minimum absolute atomic E-state index is 0.132. The fourth-order valence-corrected chi connectivity index (χ4v) is 4.89. The van der Waals surface area contributed by atoms with Gasteiger partial charge in [-0.25, -0.2) is 14.1 Å². The van der Waals surface area contributed by atoms with Crippen molar-refractivity contribution in [3.8, 4) is 11.5 Å². The first-order chi connectivity index (χ1) is 16.9. The zero-order valence-corrected chi connectivity index (χ0v) is 22.2. The quantitative estimate of drug-likeness (QED) is 0.459. The van der Waals surface area contributed by atoms with E-state index < -0.39 is 30.0 Å². The predicted octanol–water partition coefficient (Wildman–Crippen LogP) is 4.84. The molecule has 192 valence electrons. The molecule has 0 fully saturated rings. The largest absolute Gasteiger partial charge is 0.497 e. The van der Waals surface area contributed by atoms with Crippen molar-refractivity contribution < 1.29 is 33.6 Å². The van der Waals surface area contributed by atoms with Crippen molar-refractivity contribution in [2.24, 2.45) is 0 Å². The fourth-order valence-electron chi connectivity index (χ4n) is 4.21. The van der Waals surface area contributed by atoms with Crippen LogP contribution in [0.3, 0.4) is 0 Å². The van der Waals surface area contributed by atoms with Crippen molar-refractivity contribution >= 4 is 38.5 Å². The van der Waals surface area contributed by atoms with Crippen molar-refractivity contribution in [2.75, 3.05) is 14.2 Å². The van der Waals surface area contributed by atoms with Crippen molar-refractivity contribution in [1.29, 1.82) is 0 Å². The Labute approximate surface area is 216 Å². The molecule has 3 aromatic rings. The zero-order valence-electron chi connectivity index (χ0n) is 20.6. The normalized spacial score (nSPS) is 18.7. The van der Waals surface area contributed by atoms with Gasteiger partial charge in [0.15, 0.2) is 0 Å². The van der Waals surface area contributed by atoms with Gasteiger partial charge in [0.05, 0.1) is 19.7 Å². The van der Waals surface area contributed by atoms with Gasteiger partial charge < -0.3 is 24.4 Å². The first kappa shape index (κ1) is 26.2. The smallest absolute Gasteiger partial charge is 0.419 e. The molecule has 0 bridgehead atoms. The van der Waals surface area contributed by atoms with Gasteiger partial charge in [-0.15, -0.1) is 0 Å². The third-order valence-electron chi connectivity index (χ3n) is 5.86. The highest BCUT2D eigenvalue weighted by Gasteiger charge is 2.40. The summed E-state index contributed by atoms with van der Waals surface area (Å²) in [7, 11) is 3.07. The summed E-state index contributed by atoms with van der Waals surface area (Å²) in [4.78, 5) is 14.4. The summed E-state index contributed by atoms with van der Waals surface area (Å²) in [6.07, 6.45) is -1.63. The molecule has 1 aliphatic rings. The maximum Gasteiger partial charge on any atom is 0.419 e. The topological polar surface area (TPSA) is 93.4 Å². The monoisotopic (exact) mass is 562 g/mol. The number of carbonyl (C=O) groups is 1. The number of ether oxygens (including phenoxy) is 3. The van der Waals surface area contributed by atoms with Gasteiger partial charge >= 0.3 is 6.09 Å². The third kappa shape index (κ3) is 4.86. The number of aromatic nitrogens is 1. The number of aliphatic hydroxyl groups is 2. The minimum atomic E-state index is -1.28. The van der Waals surface area contributed by atoms with E-state index in [-0.39, 0.29) is 6.54 Å². The van der Waals surface area contributed by atoms with Gasteiger partial charge in [-0.1, -0.05) is 22.0 Å². The summed E-state index contributed by atoms with van der Waals surface area (Å²) in [5, 5.41) is 22.7. The van der Waals surface area contributed by atoms with Crippen LogP contribution in [0.2, 0.25) is 0 Å². The van der Waals surface area contributed by atoms with Gasteiger partial charge in [-0.05, 0) is 45.0 Å². The average molecular weight is 563 g/mol. The van der Waals surface area contributed by atoms with Crippen molar-refractivity contribution in [3.63, 3.8) is 0 Å². The first-order valence-electron chi connectivity index (χ1n) is 11.2. The molecule has 2 N–H and O–H groups in total. The Kier molecular flexibility index (Phi) is 7.16. The summed E-state index contributed by atoms with van der Waals surface area (Å²) in [6, 6.07) is 9.26. The van der Waals surface area contributed by atoms with Crippen LogP contribution < -0.4 is 9.47 Å². The number of hydrogen-bond acceptors (Lipinski definition) is 7. The first-order valence-corrected chi connectivity index (χ1v) is 12.0. The number of methoxy groups -OCH3 is 2. The van der Waals surface area contributed by atoms with Gasteiger partial charge in [-0.3, -0.25) is 4.57 Å². The summed E-state index contributed by atoms with van der Waals surface area (Å²) >= 11 is 3.42. The van der Waals surface area contributed by atoms with Crippen LogP contribution in [0.15, 0.2) is 47.1 Å². The highest BCUT2D eigenvalue weighted by Crippen LogP contribution is 2.43. The van der Waals surface area contributed by atoms with Gasteiger partial charge in [0.25, 0.3) is 0 Å². The second-order valence-electron chi connectivity index (χ2n) is 9.41. The molecule has 36 heavy (non-hydrogen) atoms. The molecular formula is C26H28BrFN2O6. The Hall–Kier alpha value is -2.92. The molecule has 0 saturated heterocycles. The summed E-state index contributed by atoms with van der Waals surface area (Å²) < 4.78 is 32.0. The van der Waals surface area contributed by atoms with Crippen LogP contribution in [0.4, 0.5) is 9.18 Å². The van der Waals surface area contributed by atoms with Crippen LogP contribution in [-0.4, -0.2) is 58.0 Å². The van der Waals surface area contributed by atoms with E-state index >= 15 is 0 Å². The van der Waals surface area contributed by atoms with Crippen LogP contribution in [0, 0.1) is 5.82 Å². The lowest BCUT2D eigenvalue weighted by Gasteiger charge is -2.26. The Bertz CT molecular complexity index is 1350. The molecule has 0 spiro atoms. The molecule has 1 aromatic heterocycles. The number of halogens is 2. The predicted molar refractivity (Wildman–Crippen MR) is 136 cm³/mol. The number of aliphatic hydroxyl groups excluding tert-OH is 2. The molecule has 2 unspecified atom stereocenters. The second kappa shape index (κ2) is 9.85. The number of nitrogens with zero attached hydrogens (tertiary/aromatic N) is 2. The summed E-state index contributed by atoms with van der Waals surface area (Å²) in [5.74, 6) is 0.632. The maximum atomic E-state index is 14.3. The van der Waals surface area contributed by atoms with Crippen molar-refractivity contribution in [1.82, 2.24) is 9.47 Å². The number of hydrogen-bond donors (Lipinski definition) is 2. The molecule has 0 aliphatic carbocycles. The van der Waals surface area contributed by atoms with E-state index in [0.717, 1.165) is 0 Å². The molecule has 8 nitrogen and oxygen atoms in total. The number of fused-ring (bicyclic) bond motifs is 1. The van der Waals surface area contributed by atoms with E-state index in [1.807, 2.05) is 0 Å². The van der Waals surface area contributed by atoms with Crippen LogP contribution in [0.1, 0.15) is 31.9 Å². The maximum absolute atomic E-state index is 14.3. The number of benzene rings is 2. The Morgan fingerprint density at radius 1 is 1.08 bits per heavy atom. The number of carbonyl (C=O) groups excluding carboxylic acids is 1. The van der Waals surface area contributed by atoms with E-state index in [1.54, 1.807) is 46.1 Å². The van der Waals surface area contributed by atoms with Gasteiger partial charge in [-0.2, -0.15) is 0 Å². The average Bonchev–Trinajstić information content (AvgIpc) is 3.28. The third-order valence-corrected chi connectivity index (χ3v) is 6.70. The van der Waals surface area contributed by atoms with E-state index in [1.165, 1.54) is 41.0 Å². The molecule has 1 aliphatic heterocycles. The van der Waals surface area contributed by atoms with Crippen molar-refractivity contribution in [2.45, 2.75) is 45.4 Å². The summed E-state index contributed by atoms with van der Waals surface area (Å²) in [5.41, 5.74) is 1.07. The molecule has 0 saturated carbocycles. The lowest BCUT2D eigenvalue weighted by molar-refractivity contribution is -0.0436. The van der Waals surface area contributed by atoms with E-state index in [0.29, 0.717) is 43.6 Å². The standard InChI is InChI=1S/C26H28BrFN2O6/c1-26(2,3)36-25(33)29-13-18(17-10-15(28)7-9-19(17)29)21-22(27)24(32)30(23(21)31)12-14-6-8-16(34-4)11-20(14)35-5/h6-11,13,23-24,31-32H,12H2,1-5H3. The molecule has 2 aromatic carbocycles. The second-order valence-corrected chi connectivity index (χ2v) is 10.3. The van der Waals surface area contributed by atoms with Gasteiger partial charge in [0.2, 0.25) is 0 Å². The fraction of sp³-hybridized carbons (Fsp3) is 0.346. The van der Waals surface area contributed by atoms with Crippen LogP contribution in [-0.2, 0) is 11.3 Å². The van der Waals surface area contributed by atoms with Crippen LogP contribution in [0.5, 0.6) is 11.5 Å². The molecule has 10 heteroatoms. The molecule has 2 atom stereocenters. The van der Waals surface area contributed by atoms with E-state index in [9.17, 15) is 19.4 Å². The summed E-state index contributed by atoms with van der Waals surface area (Å²) in [6.45, 7) is 5.38.